The summed E-state index contributed by atoms with van der Waals surface area (Å²) < 4.78 is 66.9. The Labute approximate surface area is 232 Å². The molecule has 2 aromatic heterocycles. The van der Waals surface area contributed by atoms with Crippen LogP contribution in [0.4, 0.5) is 22.0 Å². The molecule has 5 rings (SSSR count). The number of carbonyl (C=O) groups excluding carboxylic acids is 2. The number of benzene rings is 1. The zero-order valence-electron chi connectivity index (χ0n) is 22.5. The average molecular weight is 582 g/mol. The van der Waals surface area contributed by atoms with Gasteiger partial charge in [-0.05, 0) is 62.1 Å². The molecular formula is C27H32F5N7O2. The van der Waals surface area contributed by atoms with Crippen LogP contribution in [0.25, 0.3) is 11.0 Å². The highest BCUT2D eigenvalue weighted by molar-refractivity contribution is 5.91. The Morgan fingerprint density at radius 1 is 1.15 bits per heavy atom. The number of alkyl halides is 5. The van der Waals surface area contributed by atoms with Crippen molar-refractivity contribution in [2.75, 3.05) is 0 Å². The second kappa shape index (κ2) is 11.4. The number of amides is 2. The maximum atomic E-state index is 14.0. The van der Waals surface area contributed by atoms with Crippen LogP contribution < -0.4 is 10.6 Å². The molecule has 2 heterocycles. The van der Waals surface area contributed by atoms with Gasteiger partial charge in [0.05, 0.1) is 29.5 Å². The smallest absolute Gasteiger partial charge is 0.350 e. The highest BCUT2D eigenvalue weighted by Crippen LogP contribution is 2.41. The first kappa shape index (κ1) is 28.9. The Morgan fingerprint density at radius 2 is 1.88 bits per heavy atom. The molecule has 0 bridgehead atoms. The number of hydrogen-bond acceptors (Lipinski definition) is 5. The lowest BCUT2D eigenvalue weighted by atomic mass is 9.81. The van der Waals surface area contributed by atoms with Crippen LogP contribution in [0.1, 0.15) is 92.4 Å². The summed E-state index contributed by atoms with van der Waals surface area (Å²) in [6.45, 7) is 2.24. The van der Waals surface area contributed by atoms with Crippen LogP contribution in [0.5, 0.6) is 0 Å². The van der Waals surface area contributed by atoms with E-state index in [0.29, 0.717) is 34.9 Å². The second-order valence-electron chi connectivity index (χ2n) is 11.2. The van der Waals surface area contributed by atoms with Gasteiger partial charge in [-0.1, -0.05) is 6.07 Å². The molecule has 222 valence electrons. The van der Waals surface area contributed by atoms with E-state index >= 15 is 0 Å². The van der Waals surface area contributed by atoms with E-state index in [9.17, 15) is 31.5 Å². The summed E-state index contributed by atoms with van der Waals surface area (Å²) in [6, 6.07) is 3.86. The summed E-state index contributed by atoms with van der Waals surface area (Å²) in [5.74, 6) is -3.23. The Bertz CT molecular complexity index is 1390. The highest BCUT2D eigenvalue weighted by atomic mass is 19.4. The molecule has 0 unspecified atom stereocenters. The molecule has 41 heavy (non-hydrogen) atoms. The van der Waals surface area contributed by atoms with E-state index in [0.717, 1.165) is 12.8 Å². The standard InChI is InChI=1S/C27H32F5N7O2/c1-15(35-21(40)8-11-27(30,31)32)18-4-5-19-20(12-18)37-23(36-19)22(17-6-9-26(28,29)10-7-17)38-25(41)24-33-14-34-39(24)13-16-2-3-16/h4-5,12,14-17,22H,2-3,6-11,13H2,1H3,(H,35,40)(H,36,37)(H,38,41)/t15-,22+/m1/s1. The predicted octanol–water partition coefficient (Wildman–Crippen LogP) is 5.38. The highest BCUT2D eigenvalue weighted by Gasteiger charge is 2.40. The maximum absolute atomic E-state index is 14.0. The van der Waals surface area contributed by atoms with Crippen molar-refractivity contribution in [2.24, 2.45) is 11.8 Å². The van der Waals surface area contributed by atoms with Gasteiger partial charge in [-0.2, -0.15) is 18.3 Å². The third-order valence-electron chi connectivity index (χ3n) is 7.80. The topological polar surface area (TPSA) is 118 Å². The van der Waals surface area contributed by atoms with E-state index in [2.05, 4.69) is 30.7 Å². The molecule has 3 aromatic rings. The van der Waals surface area contributed by atoms with E-state index in [-0.39, 0.29) is 37.4 Å². The van der Waals surface area contributed by atoms with Gasteiger partial charge in [-0.3, -0.25) is 9.59 Å². The van der Waals surface area contributed by atoms with Crippen molar-refractivity contribution in [3.8, 4) is 0 Å². The Hall–Kier alpha value is -3.58. The van der Waals surface area contributed by atoms with E-state index in [1.54, 1.807) is 29.8 Å². The number of imidazole rings is 1. The van der Waals surface area contributed by atoms with E-state index in [1.165, 1.54) is 6.33 Å². The summed E-state index contributed by atoms with van der Waals surface area (Å²) in [4.78, 5) is 37.3. The van der Waals surface area contributed by atoms with Gasteiger partial charge in [0.1, 0.15) is 12.2 Å². The summed E-state index contributed by atoms with van der Waals surface area (Å²) in [7, 11) is 0. The number of hydrogen-bond donors (Lipinski definition) is 3. The normalized spacial score (nSPS) is 19.2. The molecule has 3 N–H and O–H groups in total. The van der Waals surface area contributed by atoms with Crippen molar-refractivity contribution in [3.63, 3.8) is 0 Å². The van der Waals surface area contributed by atoms with Gasteiger partial charge in [0.2, 0.25) is 17.7 Å². The number of aromatic nitrogens is 5. The average Bonchev–Trinajstić information content (AvgIpc) is 3.42. The van der Waals surface area contributed by atoms with Crippen LogP contribution in [0.2, 0.25) is 0 Å². The van der Waals surface area contributed by atoms with Crippen LogP contribution in [-0.2, 0) is 11.3 Å². The lowest BCUT2D eigenvalue weighted by Gasteiger charge is -2.33. The quantitative estimate of drug-likeness (QED) is 0.278. The van der Waals surface area contributed by atoms with Gasteiger partial charge in [0.15, 0.2) is 0 Å². The van der Waals surface area contributed by atoms with E-state index in [1.807, 2.05) is 0 Å². The lowest BCUT2D eigenvalue weighted by molar-refractivity contribution is -0.144. The minimum Gasteiger partial charge on any atom is -0.350 e. The second-order valence-corrected chi connectivity index (χ2v) is 11.2. The Balaban J connectivity index is 1.35. The number of aromatic amines is 1. The van der Waals surface area contributed by atoms with Gasteiger partial charge in [0.25, 0.3) is 5.91 Å². The fourth-order valence-corrected chi connectivity index (χ4v) is 5.25. The molecule has 0 radical (unpaired) electrons. The zero-order valence-corrected chi connectivity index (χ0v) is 22.5. The minimum absolute atomic E-state index is 0.150. The van der Waals surface area contributed by atoms with Crippen molar-refractivity contribution >= 4 is 22.8 Å². The number of nitrogens with zero attached hydrogens (tertiary/aromatic N) is 4. The molecular weight excluding hydrogens is 549 g/mol. The van der Waals surface area contributed by atoms with Crippen LogP contribution in [0.15, 0.2) is 24.5 Å². The third-order valence-corrected chi connectivity index (χ3v) is 7.80. The molecule has 1 aromatic carbocycles. The third kappa shape index (κ3) is 7.39. The SMILES string of the molecule is C[C@@H](NC(=O)CCC(F)(F)F)c1ccc2nc([C@@H](NC(=O)c3ncnn3CC3CC3)C3CCC(F)(F)CC3)[nH]c2c1. The molecule has 14 heteroatoms. The van der Waals surface area contributed by atoms with E-state index < -0.39 is 48.8 Å². The van der Waals surface area contributed by atoms with Gasteiger partial charge in [-0.15, -0.1) is 0 Å². The molecule has 2 fully saturated rings. The maximum Gasteiger partial charge on any atom is 0.389 e. The Kier molecular flexibility index (Phi) is 8.02. The first-order valence-electron chi connectivity index (χ1n) is 13.8. The van der Waals surface area contributed by atoms with Crippen LogP contribution in [0, 0.1) is 11.8 Å². The van der Waals surface area contributed by atoms with Gasteiger partial charge < -0.3 is 15.6 Å². The molecule has 0 spiro atoms. The molecule has 0 aliphatic heterocycles. The molecule has 2 saturated carbocycles. The summed E-state index contributed by atoms with van der Waals surface area (Å²) in [5, 5.41) is 9.71. The minimum atomic E-state index is -4.42. The summed E-state index contributed by atoms with van der Waals surface area (Å²) in [6.07, 6.45) is -3.04. The molecule has 2 amide bonds. The fourth-order valence-electron chi connectivity index (χ4n) is 5.25. The molecule has 0 saturated heterocycles. The predicted molar refractivity (Wildman–Crippen MR) is 138 cm³/mol. The van der Waals surface area contributed by atoms with Crippen molar-refractivity contribution in [3.05, 3.63) is 41.7 Å². The van der Waals surface area contributed by atoms with E-state index in [4.69, 9.17) is 0 Å². The first-order chi connectivity index (χ1) is 19.4. The van der Waals surface area contributed by atoms with Gasteiger partial charge in [-0.25, -0.2) is 23.4 Å². The number of nitrogens with one attached hydrogen (secondary N) is 3. The monoisotopic (exact) mass is 581 g/mol. The summed E-state index contributed by atoms with van der Waals surface area (Å²) in [5.41, 5.74) is 1.77. The fraction of sp³-hybridized carbons (Fsp3) is 0.593. The number of rotatable bonds is 10. The zero-order chi connectivity index (χ0) is 29.4. The molecule has 9 nitrogen and oxygen atoms in total. The van der Waals surface area contributed by atoms with Crippen molar-refractivity contribution in [1.29, 1.82) is 0 Å². The van der Waals surface area contributed by atoms with Crippen molar-refractivity contribution in [1.82, 2.24) is 35.4 Å². The molecule has 2 aliphatic carbocycles. The number of carbonyl (C=O) groups is 2. The number of halogens is 5. The van der Waals surface area contributed by atoms with Crippen LogP contribution in [0.3, 0.4) is 0 Å². The number of H-pyrrole nitrogens is 1. The number of fused-ring (bicyclic) bond motifs is 1. The molecule has 2 atom stereocenters. The largest absolute Gasteiger partial charge is 0.389 e. The first-order valence-corrected chi connectivity index (χ1v) is 13.8. The van der Waals surface area contributed by atoms with Crippen LogP contribution >= 0.6 is 0 Å². The lowest BCUT2D eigenvalue weighted by Crippen LogP contribution is -2.38. The van der Waals surface area contributed by atoms with Crippen molar-refractivity contribution in [2.45, 2.75) is 89.0 Å². The van der Waals surface area contributed by atoms with Gasteiger partial charge in [0, 0.05) is 25.8 Å². The van der Waals surface area contributed by atoms with Crippen molar-refractivity contribution < 1.29 is 31.5 Å². The van der Waals surface area contributed by atoms with Crippen LogP contribution in [-0.4, -0.2) is 48.6 Å². The summed E-state index contributed by atoms with van der Waals surface area (Å²) >= 11 is 0. The van der Waals surface area contributed by atoms with Gasteiger partial charge >= 0.3 is 6.18 Å². The Morgan fingerprint density at radius 3 is 2.56 bits per heavy atom. The molecule has 2 aliphatic rings.